The highest BCUT2D eigenvalue weighted by Crippen LogP contribution is 2.22. The smallest absolute Gasteiger partial charge is 0.255 e. The standard InChI is InChI=1S/C18H17N7O3/c1-10(26)19-15-7-13(8-16(9-15)20-11(2)27)18(28)21-14-5-3-4-12(6-14)17-22-24-25-23-17/h3-9H,1-2H3,(H,19,26)(H,20,27)(H,21,28)(H,22,23,24,25). The Labute approximate surface area is 159 Å². The monoisotopic (exact) mass is 379 g/mol. The van der Waals surface area contributed by atoms with Crippen LogP contribution >= 0.6 is 0 Å². The van der Waals surface area contributed by atoms with E-state index in [-0.39, 0.29) is 17.4 Å². The molecule has 0 aliphatic rings. The van der Waals surface area contributed by atoms with Crippen LogP contribution in [-0.4, -0.2) is 38.3 Å². The molecular formula is C18H17N7O3. The Balaban J connectivity index is 1.86. The van der Waals surface area contributed by atoms with Crippen LogP contribution in [0.2, 0.25) is 0 Å². The average Bonchev–Trinajstić information content (AvgIpc) is 3.15. The lowest BCUT2D eigenvalue weighted by atomic mass is 10.1. The van der Waals surface area contributed by atoms with Crippen molar-refractivity contribution in [1.29, 1.82) is 0 Å². The third-order valence-electron chi connectivity index (χ3n) is 3.56. The molecule has 0 atom stereocenters. The predicted octanol–water partition coefficient (Wildman–Crippen LogP) is 2.04. The van der Waals surface area contributed by atoms with E-state index in [4.69, 9.17) is 0 Å². The molecule has 1 aromatic heterocycles. The number of benzene rings is 2. The highest BCUT2D eigenvalue weighted by atomic mass is 16.2. The van der Waals surface area contributed by atoms with Crippen molar-refractivity contribution in [1.82, 2.24) is 20.6 Å². The van der Waals surface area contributed by atoms with Crippen molar-refractivity contribution in [2.24, 2.45) is 0 Å². The van der Waals surface area contributed by atoms with E-state index in [2.05, 4.69) is 36.6 Å². The van der Waals surface area contributed by atoms with Gasteiger partial charge in [0.15, 0.2) is 0 Å². The molecule has 1 heterocycles. The molecule has 0 unspecified atom stereocenters. The molecule has 3 amide bonds. The molecule has 0 fully saturated rings. The Bertz CT molecular complexity index is 997. The van der Waals surface area contributed by atoms with E-state index >= 15 is 0 Å². The number of carbonyl (C=O) groups is 3. The number of aromatic amines is 1. The number of hydrogen-bond acceptors (Lipinski definition) is 6. The van der Waals surface area contributed by atoms with Crippen LogP contribution in [0, 0.1) is 0 Å². The number of aromatic nitrogens is 4. The lowest BCUT2D eigenvalue weighted by Gasteiger charge is -2.11. The molecule has 10 heteroatoms. The van der Waals surface area contributed by atoms with E-state index in [1.165, 1.54) is 26.0 Å². The van der Waals surface area contributed by atoms with Crippen molar-refractivity contribution in [3.8, 4) is 11.4 Å². The van der Waals surface area contributed by atoms with Crippen molar-refractivity contribution >= 4 is 34.8 Å². The maximum absolute atomic E-state index is 12.7. The lowest BCUT2D eigenvalue weighted by Crippen LogP contribution is -2.15. The molecule has 0 saturated heterocycles. The van der Waals surface area contributed by atoms with Crippen LogP contribution < -0.4 is 16.0 Å². The number of amides is 3. The summed E-state index contributed by atoms with van der Waals surface area (Å²) in [4.78, 5) is 35.4. The number of tetrazole rings is 1. The molecule has 3 aromatic rings. The number of anilines is 3. The summed E-state index contributed by atoms with van der Waals surface area (Å²) in [6, 6.07) is 11.6. The highest BCUT2D eigenvalue weighted by Gasteiger charge is 2.12. The predicted molar refractivity (Wildman–Crippen MR) is 103 cm³/mol. The van der Waals surface area contributed by atoms with E-state index < -0.39 is 5.91 Å². The molecule has 2 aromatic carbocycles. The van der Waals surface area contributed by atoms with E-state index in [0.29, 0.717) is 28.5 Å². The Hall–Kier alpha value is -4.08. The number of nitrogens with one attached hydrogen (secondary N) is 4. The average molecular weight is 379 g/mol. The molecule has 142 valence electrons. The van der Waals surface area contributed by atoms with Gasteiger partial charge in [0, 0.05) is 42.0 Å². The molecule has 0 bridgehead atoms. The van der Waals surface area contributed by atoms with Crippen LogP contribution in [0.15, 0.2) is 42.5 Å². The van der Waals surface area contributed by atoms with E-state index in [9.17, 15) is 14.4 Å². The molecule has 0 saturated carbocycles. The van der Waals surface area contributed by atoms with Gasteiger partial charge in [-0.15, -0.1) is 10.2 Å². The summed E-state index contributed by atoms with van der Waals surface area (Å²) in [6.07, 6.45) is 0. The minimum absolute atomic E-state index is 0.264. The van der Waals surface area contributed by atoms with Gasteiger partial charge in [0.05, 0.1) is 0 Å². The fourth-order valence-corrected chi connectivity index (χ4v) is 2.53. The summed E-state index contributed by atoms with van der Waals surface area (Å²) >= 11 is 0. The van der Waals surface area contributed by atoms with Gasteiger partial charge < -0.3 is 16.0 Å². The molecule has 28 heavy (non-hydrogen) atoms. The maximum Gasteiger partial charge on any atom is 0.255 e. The van der Waals surface area contributed by atoms with Gasteiger partial charge in [0.1, 0.15) is 0 Å². The zero-order valence-corrected chi connectivity index (χ0v) is 15.1. The van der Waals surface area contributed by atoms with Crippen LogP contribution in [0.1, 0.15) is 24.2 Å². The summed E-state index contributed by atoms with van der Waals surface area (Å²) < 4.78 is 0. The first-order valence-electron chi connectivity index (χ1n) is 8.26. The van der Waals surface area contributed by atoms with Crippen LogP contribution in [0.4, 0.5) is 17.1 Å². The van der Waals surface area contributed by atoms with Gasteiger partial charge in [-0.05, 0) is 35.5 Å². The largest absolute Gasteiger partial charge is 0.326 e. The minimum atomic E-state index is -0.413. The topological polar surface area (TPSA) is 142 Å². The first-order chi connectivity index (χ1) is 13.4. The van der Waals surface area contributed by atoms with Gasteiger partial charge in [-0.25, -0.2) is 0 Å². The van der Waals surface area contributed by atoms with Gasteiger partial charge in [0.2, 0.25) is 17.6 Å². The molecule has 0 radical (unpaired) electrons. The normalized spacial score (nSPS) is 10.2. The highest BCUT2D eigenvalue weighted by molar-refractivity contribution is 6.07. The Morgan fingerprint density at radius 2 is 1.54 bits per heavy atom. The van der Waals surface area contributed by atoms with Gasteiger partial charge in [-0.2, -0.15) is 5.21 Å². The molecule has 0 spiro atoms. The van der Waals surface area contributed by atoms with Crippen molar-refractivity contribution in [3.63, 3.8) is 0 Å². The van der Waals surface area contributed by atoms with E-state index in [1.807, 2.05) is 0 Å². The maximum atomic E-state index is 12.7. The van der Waals surface area contributed by atoms with Gasteiger partial charge in [-0.3, -0.25) is 14.4 Å². The lowest BCUT2D eigenvalue weighted by molar-refractivity contribution is -0.115. The number of rotatable bonds is 5. The summed E-state index contributed by atoms with van der Waals surface area (Å²) in [7, 11) is 0. The fourth-order valence-electron chi connectivity index (χ4n) is 2.53. The summed E-state index contributed by atoms with van der Waals surface area (Å²) in [5.41, 5.74) is 2.25. The number of nitrogens with zero attached hydrogens (tertiary/aromatic N) is 3. The van der Waals surface area contributed by atoms with Crippen molar-refractivity contribution in [2.45, 2.75) is 13.8 Å². The first kappa shape index (κ1) is 18.7. The van der Waals surface area contributed by atoms with Crippen molar-refractivity contribution in [2.75, 3.05) is 16.0 Å². The third-order valence-corrected chi connectivity index (χ3v) is 3.56. The molecule has 4 N–H and O–H groups in total. The van der Waals surface area contributed by atoms with Gasteiger partial charge in [0.25, 0.3) is 5.91 Å². The number of carbonyl (C=O) groups excluding carboxylic acids is 3. The van der Waals surface area contributed by atoms with Crippen LogP contribution in [0.25, 0.3) is 11.4 Å². The molecular weight excluding hydrogens is 362 g/mol. The Morgan fingerprint density at radius 3 is 2.11 bits per heavy atom. The van der Waals surface area contributed by atoms with Crippen molar-refractivity contribution in [3.05, 3.63) is 48.0 Å². The Kier molecular flexibility index (Phi) is 5.40. The quantitative estimate of drug-likeness (QED) is 0.534. The third kappa shape index (κ3) is 4.75. The number of hydrogen-bond donors (Lipinski definition) is 4. The molecule has 0 aliphatic carbocycles. The zero-order valence-electron chi connectivity index (χ0n) is 15.1. The summed E-state index contributed by atoms with van der Waals surface area (Å²) in [5, 5.41) is 21.7. The van der Waals surface area contributed by atoms with Crippen LogP contribution in [0.5, 0.6) is 0 Å². The fraction of sp³-hybridized carbons (Fsp3) is 0.111. The second-order valence-electron chi connectivity index (χ2n) is 5.93. The van der Waals surface area contributed by atoms with E-state index in [1.54, 1.807) is 30.3 Å². The molecule has 0 aliphatic heterocycles. The molecule has 10 nitrogen and oxygen atoms in total. The number of H-pyrrole nitrogens is 1. The van der Waals surface area contributed by atoms with Crippen LogP contribution in [-0.2, 0) is 9.59 Å². The second-order valence-corrected chi connectivity index (χ2v) is 5.93. The zero-order chi connectivity index (χ0) is 20.1. The molecule has 3 rings (SSSR count). The first-order valence-corrected chi connectivity index (χ1v) is 8.26. The minimum Gasteiger partial charge on any atom is -0.326 e. The van der Waals surface area contributed by atoms with Gasteiger partial charge >= 0.3 is 0 Å². The summed E-state index contributed by atoms with van der Waals surface area (Å²) in [6.45, 7) is 2.71. The van der Waals surface area contributed by atoms with Crippen LogP contribution in [0.3, 0.4) is 0 Å². The SMILES string of the molecule is CC(=O)Nc1cc(NC(C)=O)cc(C(=O)Nc2cccc(-c3nn[nH]n3)c2)c1. The van der Waals surface area contributed by atoms with Gasteiger partial charge in [-0.1, -0.05) is 12.1 Å². The second kappa shape index (κ2) is 8.08. The summed E-state index contributed by atoms with van der Waals surface area (Å²) in [5.74, 6) is -0.598. The van der Waals surface area contributed by atoms with E-state index in [0.717, 1.165) is 0 Å². The van der Waals surface area contributed by atoms with Crippen molar-refractivity contribution < 1.29 is 14.4 Å². The Morgan fingerprint density at radius 1 is 0.857 bits per heavy atom.